The summed E-state index contributed by atoms with van der Waals surface area (Å²) in [5.74, 6) is -0.895. The molecule has 120 valence electrons. The van der Waals surface area contributed by atoms with Crippen molar-refractivity contribution >= 4 is 11.9 Å². The average molecular weight is 296 g/mol. The predicted molar refractivity (Wildman–Crippen MR) is 81.3 cm³/mol. The van der Waals surface area contributed by atoms with E-state index >= 15 is 0 Å². The number of carbonyl (C=O) groups is 2. The quantitative estimate of drug-likeness (QED) is 0.707. The summed E-state index contributed by atoms with van der Waals surface area (Å²) in [5.41, 5.74) is -1.03. The van der Waals surface area contributed by atoms with Gasteiger partial charge in [0.1, 0.15) is 12.0 Å². The topological polar surface area (TPSA) is 70.4 Å². The zero-order valence-corrected chi connectivity index (χ0v) is 14.3. The monoisotopic (exact) mass is 296 g/mol. The molecular weight excluding hydrogens is 268 g/mol. The molecule has 0 aromatic rings. The fourth-order valence-electron chi connectivity index (χ4n) is 2.09. The van der Waals surface area contributed by atoms with E-state index in [0.717, 1.165) is 6.42 Å². The summed E-state index contributed by atoms with van der Waals surface area (Å²) in [6.45, 7) is 12.1. The van der Waals surface area contributed by atoms with Crippen LogP contribution in [0, 0.1) is 22.7 Å². The van der Waals surface area contributed by atoms with Crippen LogP contribution in [0.5, 0.6) is 0 Å². The van der Waals surface area contributed by atoms with E-state index in [9.17, 15) is 9.59 Å². The van der Waals surface area contributed by atoms with Gasteiger partial charge >= 0.3 is 5.97 Å². The van der Waals surface area contributed by atoms with E-state index < -0.39 is 11.5 Å². The lowest BCUT2D eigenvalue weighted by atomic mass is 9.84. The van der Waals surface area contributed by atoms with Crippen LogP contribution in [-0.4, -0.2) is 36.0 Å². The van der Waals surface area contributed by atoms with Crippen LogP contribution in [-0.2, 0) is 14.3 Å². The first-order valence-electron chi connectivity index (χ1n) is 7.26. The van der Waals surface area contributed by atoms with E-state index in [4.69, 9.17) is 10.00 Å². The van der Waals surface area contributed by atoms with Crippen LogP contribution in [0.15, 0.2) is 0 Å². The zero-order valence-electron chi connectivity index (χ0n) is 14.3. The lowest BCUT2D eigenvalue weighted by Crippen LogP contribution is -2.59. The number of nitriles is 1. The second-order valence-corrected chi connectivity index (χ2v) is 6.98. The van der Waals surface area contributed by atoms with Crippen LogP contribution in [0.3, 0.4) is 0 Å². The number of ether oxygens (including phenoxy) is 1. The van der Waals surface area contributed by atoms with E-state index in [1.54, 1.807) is 6.92 Å². The second kappa shape index (κ2) is 7.44. The Hall–Kier alpha value is -1.57. The van der Waals surface area contributed by atoms with Crippen molar-refractivity contribution in [2.75, 3.05) is 13.7 Å². The summed E-state index contributed by atoms with van der Waals surface area (Å²) in [6, 6.07) is 1.87. The molecule has 0 aliphatic heterocycles. The van der Waals surface area contributed by atoms with E-state index in [-0.39, 0.29) is 23.7 Å². The molecule has 5 nitrogen and oxygen atoms in total. The normalized spacial score (nSPS) is 14.2. The van der Waals surface area contributed by atoms with Gasteiger partial charge in [0.2, 0.25) is 5.91 Å². The molecule has 5 heteroatoms. The Labute approximate surface area is 128 Å². The van der Waals surface area contributed by atoms with Crippen molar-refractivity contribution in [1.29, 1.82) is 5.26 Å². The Bertz CT molecular complexity index is 418. The smallest absolute Gasteiger partial charge is 0.331 e. The van der Waals surface area contributed by atoms with Crippen molar-refractivity contribution in [2.24, 2.45) is 11.3 Å². The third-order valence-corrected chi connectivity index (χ3v) is 3.90. The Morgan fingerprint density at radius 1 is 1.24 bits per heavy atom. The van der Waals surface area contributed by atoms with E-state index in [1.807, 2.05) is 19.9 Å². The summed E-state index contributed by atoms with van der Waals surface area (Å²) in [4.78, 5) is 26.1. The number of amides is 1. The first-order valence-corrected chi connectivity index (χ1v) is 7.26. The predicted octanol–water partition coefficient (Wildman–Crippen LogP) is 2.75. The van der Waals surface area contributed by atoms with Crippen LogP contribution in [0.25, 0.3) is 0 Å². The fraction of sp³-hybridized carbons (Fsp3) is 0.812. The molecule has 0 fully saturated rings. The molecule has 0 saturated carbocycles. The second-order valence-electron chi connectivity index (χ2n) is 6.98. The van der Waals surface area contributed by atoms with Crippen molar-refractivity contribution < 1.29 is 14.3 Å². The van der Waals surface area contributed by atoms with Crippen LogP contribution in [0.1, 0.15) is 54.4 Å². The molecule has 0 N–H and O–H groups in total. The zero-order chi connectivity index (χ0) is 16.8. The van der Waals surface area contributed by atoms with Gasteiger partial charge in [0, 0.05) is 6.54 Å². The molecule has 1 unspecified atom stereocenters. The summed E-state index contributed by atoms with van der Waals surface area (Å²) in [6.07, 6.45) is 0.507. The standard InChI is InChI=1S/C16H28N2O3/c1-12(2)16(6,14(20)21-7)18(13(19)8-10-17)11-9-15(3,4)5/h12H,8-9,11H2,1-7H3. The minimum Gasteiger partial charge on any atom is -0.467 e. The van der Waals surface area contributed by atoms with Gasteiger partial charge in [-0.3, -0.25) is 4.79 Å². The van der Waals surface area contributed by atoms with Gasteiger partial charge in [-0.15, -0.1) is 0 Å². The van der Waals surface area contributed by atoms with Crippen LogP contribution >= 0.6 is 0 Å². The maximum Gasteiger partial charge on any atom is 0.331 e. The first-order chi connectivity index (χ1) is 9.50. The lowest BCUT2D eigenvalue weighted by Gasteiger charge is -2.42. The Morgan fingerprint density at radius 2 is 1.76 bits per heavy atom. The van der Waals surface area contributed by atoms with Crippen LogP contribution in [0.2, 0.25) is 0 Å². The highest BCUT2D eigenvalue weighted by Gasteiger charge is 2.45. The van der Waals surface area contributed by atoms with Gasteiger partial charge < -0.3 is 9.64 Å². The number of methoxy groups -OCH3 is 1. The van der Waals surface area contributed by atoms with Gasteiger partial charge in [-0.05, 0) is 24.7 Å². The van der Waals surface area contributed by atoms with Gasteiger partial charge in [0.25, 0.3) is 0 Å². The maximum absolute atomic E-state index is 12.3. The highest BCUT2D eigenvalue weighted by molar-refractivity contribution is 5.88. The summed E-state index contributed by atoms with van der Waals surface area (Å²) in [7, 11) is 1.32. The van der Waals surface area contributed by atoms with Gasteiger partial charge in [-0.25, -0.2) is 4.79 Å². The van der Waals surface area contributed by atoms with Crippen molar-refractivity contribution in [1.82, 2.24) is 4.90 Å². The number of hydrogen-bond donors (Lipinski definition) is 0. The molecule has 21 heavy (non-hydrogen) atoms. The third kappa shape index (κ3) is 5.04. The van der Waals surface area contributed by atoms with Gasteiger partial charge in [0.05, 0.1) is 13.2 Å². The van der Waals surface area contributed by atoms with Crippen molar-refractivity contribution in [3.05, 3.63) is 0 Å². The summed E-state index contributed by atoms with van der Waals surface area (Å²) in [5, 5.41) is 8.80. The van der Waals surface area contributed by atoms with Crippen LogP contribution < -0.4 is 0 Å². The molecule has 0 bridgehead atoms. The molecule has 1 amide bonds. The number of carbonyl (C=O) groups excluding carboxylic acids is 2. The fourth-order valence-corrected chi connectivity index (χ4v) is 2.09. The number of esters is 1. The third-order valence-electron chi connectivity index (χ3n) is 3.90. The molecule has 0 saturated heterocycles. The van der Waals surface area contributed by atoms with Crippen LogP contribution in [0.4, 0.5) is 0 Å². The number of nitrogens with zero attached hydrogens (tertiary/aromatic N) is 2. The lowest BCUT2D eigenvalue weighted by molar-refractivity contribution is -0.164. The molecule has 0 radical (unpaired) electrons. The van der Waals surface area contributed by atoms with Crippen molar-refractivity contribution in [2.45, 2.75) is 59.9 Å². The molecule has 0 aromatic carbocycles. The van der Waals surface area contributed by atoms with Gasteiger partial charge in [-0.1, -0.05) is 34.6 Å². The minimum atomic E-state index is -1.06. The Kier molecular flexibility index (Phi) is 6.89. The largest absolute Gasteiger partial charge is 0.467 e. The van der Waals surface area contributed by atoms with E-state index in [1.165, 1.54) is 12.0 Å². The summed E-state index contributed by atoms with van der Waals surface area (Å²) >= 11 is 0. The summed E-state index contributed by atoms with van der Waals surface area (Å²) < 4.78 is 4.90. The highest BCUT2D eigenvalue weighted by Crippen LogP contribution is 2.29. The average Bonchev–Trinajstić information content (AvgIpc) is 2.36. The molecule has 0 rings (SSSR count). The van der Waals surface area contributed by atoms with Gasteiger partial charge in [0.15, 0.2) is 0 Å². The first kappa shape index (κ1) is 19.4. The number of rotatable bonds is 6. The SMILES string of the molecule is COC(=O)C(C)(C(C)C)N(CCC(C)(C)C)C(=O)CC#N. The van der Waals surface area contributed by atoms with E-state index in [2.05, 4.69) is 20.8 Å². The molecule has 0 aromatic heterocycles. The molecular formula is C16H28N2O3. The number of hydrogen-bond acceptors (Lipinski definition) is 4. The Morgan fingerprint density at radius 3 is 2.10 bits per heavy atom. The van der Waals surface area contributed by atoms with E-state index in [0.29, 0.717) is 6.54 Å². The molecule has 0 aliphatic rings. The van der Waals surface area contributed by atoms with Crippen molar-refractivity contribution in [3.8, 4) is 6.07 Å². The van der Waals surface area contributed by atoms with Crippen molar-refractivity contribution in [3.63, 3.8) is 0 Å². The molecule has 0 spiro atoms. The Balaban J connectivity index is 5.57. The highest BCUT2D eigenvalue weighted by atomic mass is 16.5. The molecule has 0 heterocycles. The molecule has 0 aliphatic carbocycles. The maximum atomic E-state index is 12.3. The minimum absolute atomic E-state index is 0.0270. The molecule has 1 atom stereocenters. The van der Waals surface area contributed by atoms with Gasteiger partial charge in [-0.2, -0.15) is 5.26 Å².